The summed E-state index contributed by atoms with van der Waals surface area (Å²) in [6, 6.07) is 14.9. The van der Waals surface area contributed by atoms with Crippen LogP contribution in [0.25, 0.3) is 6.08 Å². The molecule has 0 aliphatic carbocycles. The van der Waals surface area contributed by atoms with Gasteiger partial charge in [0.25, 0.3) is 0 Å². The van der Waals surface area contributed by atoms with Gasteiger partial charge in [-0.3, -0.25) is 0 Å². The van der Waals surface area contributed by atoms with Gasteiger partial charge >= 0.3 is 0 Å². The monoisotopic (exact) mass is 308 g/mol. The largest absolute Gasteiger partial charge is 0.497 e. The lowest BCUT2D eigenvalue weighted by atomic mass is 9.96. The molecule has 0 heterocycles. The van der Waals surface area contributed by atoms with Gasteiger partial charge < -0.3 is 14.6 Å². The Morgan fingerprint density at radius 3 is 2.35 bits per heavy atom. The lowest BCUT2D eigenvalue weighted by molar-refractivity contribution is 0.122. The molecule has 0 fully saturated rings. The predicted octanol–water partition coefficient (Wildman–Crippen LogP) is 3.63. The summed E-state index contributed by atoms with van der Waals surface area (Å²) in [6.45, 7) is 1.66. The van der Waals surface area contributed by atoms with Crippen molar-refractivity contribution in [3.8, 4) is 23.3 Å². The lowest BCUT2D eigenvalue weighted by Gasteiger charge is -2.17. The quantitative estimate of drug-likeness (QED) is 0.877. The molecule has 1 atom stereocenters. The van der Waals surface area contributed by atoms with Gasteiger partial charge in [0, 0.05) is 0 Å². The van der Waals surface area contributed by atoms with Crippen LogP contribution >= 0.6 is 0 Å². The van der Waals surface area contributed by atoms with E-state index in [9.17, 15) is 5.11 Å². The van der Waals surface area contributed by atoms with Gasteiger partial charge in [0.1, 0.15) is 17.1 Å². The summed E-state index contributed by atoms with van der Waals surface area (Å²) in [5.41, 5.74) is 0.474. The number of allylic oxidation sites excluding steroid dienone is 1. The predicted molar refractivity (Wildman–Crippen MR) is 92.4 cm³/mol. The van der Waals surface area contributed by atoms with Crippen LogP contribution < -0.4 is 9.47 Å². The van der Waals surface area contributed by atoms with E-state index in [1.807, 2.05) is 48.5 Å². The zero-order chi connectivity index (χ0) is 16.7. The Morgan fingerprint density at radius 1 is 1.00 bits per heavy atom. The summed E-state index contributed by atoms with van der Waals surface area (Å²) in [7, 11) is 3.23. The maximum absolute atomic E-state index is 10.5. The van der Waals surface area contributed by atoms with Crippen molar-refractivity contribution in [3.63, 3.8) is 0 Å². The van der Waals surface area contributed by atoms with E-state index < -0.39 is 5.60 Å². The van der Waals surface area contributed by atoms with Crippen molar-refractivity contribution in [1.82, 2.24) is 0 Å². The van der Waals surface area contributed by atoms with Gasteiger partial charge in [-0.2, -0.15) is 0 Å². The van der Waals surface area contributed by atoms with Crippen LogP contribution in [0.4, 0.5) is 0 Å². The summed E-state index contributed by atoms with van der Waals surface area (Å²) < 4.78 is 10.3. The third kappa shape index (κ3) is 4.64. The Balaban J connectivity index is 2.10. The molecule has 0 unspecified atom stereocenters. The number of methoxy groups -OCH3 is 2. The van der Waals surface area contributed by atoms with Gasteiger partial charge in [0.15, 0.2) is 0 Å². The normalized spacial score (nSPS) is 13.0. The van der Waals surface area contributed by atoms with Crippen LogP contribution in [-0.4, -0.2) is 19.3 Å². The molecule has 0 aliphatic rings. The van der Waals surface area contributed by atoms with Crippen LogP contribution in [0.3, 0.4) is 0 Å². The number of benzene rings is 2. The molecule has 0 amide bonds. The van der Waals surface area contributed by atoms with Crippen molar-refractivity contribution < 1.29 is 14.6 Å². The average Bonchev–Trinajstić information content (AvgIpc) is 2.59. The number of aliphatic hydroxyl groups is 1. The van der Waals surface area contributed by atoms with E-state index in [0.29, 0.717) is 11.3 Å². The lowest BCUT2D eigenvalue weighted by Crippen LogP contribution is -2.18. The third-order valence-corrected chi connectivity index (χ3v) is 3.42. The molecule has 2 aromatic carbocycles. The first-order valence-corrected chi connectivity index (χ1v) is 7.25. The van der Waals surface area contributed by atoms with Gasteiger partial charge in [0.2, 0.25) is 0 Å². The van der Waals surface area contributed by atoms with Gasteiger partial charge in [-0.15, -0.1) is 0 Å². The van der Waals surface area contributed by atoms with Crippen LogP contribution in [0.15, 0.2) is 54.6 Å². The van der Waals surface area contributed by atoms with Crippen LogP contribution in [-0.2, 0) is 5.60 Å². The van der Waals surface area contributed by atoms with E-state index in [1.54, 1.807) is 33.3 Å². The summed E-state index contributed by atoms with van der Waals surface area (Å²) in [5.74, 6) is 7.25. The third-order valence-electron chi connectivity index (χ3n) is 3.42. The van der Waals surface area contributed by atoms with Crippen LogP contribution in [0.2, 0.25) is 0 Å². The van der Waals surface area contributed by atoms with E-state index in [-0.39, 0.29) is 0 Å². The fourth-order valence-corrected chi connectivity index (χ4v) is 2.03. The van der Waals surface area contributed by atoms with E-state index in [1.165, 1.54) is 0 Å². The first kappa shape index (κ1) is 16.7. The van der Waals surface area contributed by atoms with Gasteiger partial charge in [-0.05, 0) is 54.5 Å². The molecular formula is C20H20O3. The highest BCUT2D eigenvalue weighted by atomic mass is 16.5. The van der Waals surface area contributed by atoms with Crippen LogP contribution in [0, 0.1) is 11.8 Å². The average molecular weight is 308 g/mol. The smallest absolute Gasteiger partial charge is 0.148 e. The molecule has 0 spiro atoms. The van der Waals surface area contributed by atoms with E-state index in [0.717, 1.165) is 11.3 Å². The molecule has 1 N–H and O–H groups in total. The second-order valence-corrected chi connectivity index (χ2v) is 5.18. The molecule has 118 valence electrons. The minimum Gasteiger partial charge on any atom is -0.497 e. The standard InChI is InChI=1S/C20H20O3/c1-20(21,17-8-6-9-19(15-17)23-3)14-5-4-7-16-10-12-18(22-2)13-11-16/h4,6-13,15,21H,1-3H3/b7-4-/t20-/m0/s1. The molecule has 0 aromatic heterocycles. The van der Waals surface area contributed by atoms with Gasteiger partial charge in [-0.25, -0.2) is 0 Å². The Morgan fingerprint density at radius 2 is 1.70 bits per heavy atom. The first-order chi connectivity index (χ1) is 11.0. The van der Waals surface area contributed by atoms with E-state index in [2.05, 4.69) is 11.8 Å². The molecule has 0 bridgehead atoms. The number of hydrogen-bond acceptors (Lipinski definition) is 3. The Kier molecular flexibility index (Phi) is 5.46. The molecule has 0 radical (unpaired) electrons. The molecule has 0 saturated carbocycles. The molecular weight excluding hydrogens is 288 g/mol. The summed E-state index contributed by atoms with van der Waals surface area (Å²) in [6.07, 6.45) is 3.60. The summed E-state index contributed by atoms with van der Waals surface area (Å²) >= 11 is 0. The fourth-order valence-electron chi connectivity index (χ4n) is 2.03. The molecule has 2 aromatic rings. The Hall–Kier alpha value is -2.70. The molecule has 3 heteroatoms. The van der Waals surface area contributed by atoms with Crippen molar-refractivity contribution in [2.45, 2.75) is 12.5 Å². The minimum absolute atomic E-state index is 0.693. The second kappa shape index (κ2) is 7.53. The van der Waals surface area contributed by atoms with Crippen molar-refractivity contribution in [2.75, 3.05) is 14.2 Å². The van der Waals surface area contributed by atoms with Crippen molar-refractivity contribution in [1.29, 1.82) is 0 Å². The SMILES string of the molecule is COc1ccc(/C=C\C#C[C@](C)(O)c2cccc(OC)c2)cc1. The minimum atomic E-state index is -1.24. The highest BCUT2D eigenvalue weighted by Crippen LogP contribution is 2.23. The van der Waals surface area contributed by atoms with Crippen LogP contribution in [0.5, 0.6) is 11.5 Å². The highest BCUT2D eigenvalue weighted by molar-refractivity contribution is 5.54. The first-order valence-electron chi connectivity index (χ1n) is 7.25. The zero-order valence-corrected chi connectivity index (χ0v) is 13.5. The molecule has 0 aliphatic heterocycles. The Labute approximate surface area is 137 Å². The fraction of sp³-hybridized carbons (Fsp3) is 0.200. The Bertz CT molecular complexity index is 731. The van der Waals surface area contributed by atoms with Crippen molar-refractivity contribution in [3.05, 3.63) is 65.7 Å². The van der Waals surface area contributed by atoms with Gasteiger partial charge in [0.05, 0.1) is 14.2 Å². The number of rotatable bonds is 4. The number of ether oxygens (including phenoxy) is 2. The summed E-state index contributed by atoms with van der Waals surface area (Å²) in [4.78, 5) is 0. The number of hydrogen-bond donors (Lipinski definition) is 1. The zero-order valence-electron chi connectivity index (χ0n) is 13.5. The second-order valence-electron chi connectivity index (χ2n) is 5.18. The molecule has 23 heavy (non-hydrogen) atoms. The van der Waals surface area contributed by atoms with Crippen molar-refractivity contribution >= 4 is 6.08 Å². The molecule has 3 nitrogen and oxygen atoms in total. The maximum Gasteiger partial charge on any atom is 0.148 e. The van der Waals surface area contributed by atoms with E-state index >= 15 is 0 Å². The maximum atomic E-state index is 10.5. The molecule has 0 saturated heterocycles. The van der Waals surface area contributed by atoms with Gasteiger partial charge in [-0.1, -0.05) is 36.1 Å². The van der Waals surface area contributed by atoms with Crippen molar-refractivity contribution in [2.24, 2.45) is 0 Å². The highest BCUT2D eigenvalue weighted by Gasteiger charge is 2.20. The van der Waals surface area contributed by atoms with Crippen LogP contribution in [0.1, 0.15) is 18.1 Å². The molecule has 2 rings (SSSR count). The van der Waals surface area contributed by atoms with E-state index in [4.69, 9.17) is 9.47 Å². The topological polar surface area (TPSA) is 38.7 Å². The summed E-state index contributed by atoms with van der Waals surface area (Å²) in [5, 5.41) is 10.5.